The van der Waals surface area contributed by atoms with Crippen LogP contribution in [0.3, 0.4) is 0 Å². The summed E-state index contributed by atoms with van der Waals surface area (Å²) in [5, 5.41) is 0.469. The van der Waals surface area contributed by atoms with Crippen LogP contribution in [0.15, 0.2) is 30.2 Å². The highest BCUT2D eigenvalue weighted by atomic mass is 32.1. The van der Waals surface area contributed by atoms with Crippen LogP contribution in [0.25, 0.3) is 10.2 Å². The van der Waals surface area contributed by atoms with Crippen LogP contribution in [0, 0.1) is 5.82 Å². The molecule has 6 nitrogen and oxygen atoms in total. The number of amides is 1. The number of carbonyl (C=O) groups excluding carboxylic acids is 1. The van der Waals surface area contributed by atoms with Crippen LogP contribution in [0.4, 0.5) is 4.39 Å². The molecule has 0 spiro atoms. The number of rotatable bonds is 3. The van der Waals surface area contributed by atoms with Crippen LogP contribution < -0.4 is 4.74 Å². The van der Waals surface area contributed by atoms with Gasteiger partial charge in [-0.05, 0) is 12.1 Å². The van der Waals surface area contributed by atoms with E-state index >= 15 is 0 Å². The van der Waals surface area contributed by atoms with Gasteiger partial charge < -0.3 is 19.1 Å². The lowest BCUT2D eigenvalue weighted by Crippen LogP contribution is -2.43. The molecule has 132 valence electrons. The lowest BCUT2D eigenvalue weighted by atomic mass is 10.1. The average Bonchev–Trinajstić information content (AvgIpc) is 3.06. The van der Waals surface area contributed by atoms with Crippen molar-refractivity contribution in [3.63, 3.8) is 0 Å². The van der Waals surface area contributed by atoms with Crippen molar-refractivity contribution >= 4 is 27.5 Å². The number of fused-ring (bicyclic) bond motifs is 1. The van der Waals surface area contributed by atoms with E-state index in [1.54, 1.807) is 11.0 Å². The summed E-state index contributed by atoms with van der Waals surface area (Å²) < 4.78 is 30.8. The molecule has 0 N–H and O–H groups in total. The standard InChI is InChI=1S/C17H17FN2O4S/c18-12-2-1-3-14-15(12)19-17(25-14)24-11-4-6-20(7-5-11)16(21)13-10-22-8-9-23-13/h1-3,10-11H,4-9H2. The van der Waals surface area contributed by atoms with Gasteiger partial charge >= 0.3 is 0 Å². The van der Waals surface area contributed by atoms with Crippen LogP contribution in [0.5, 0.6) is 5.19 Å². The third-order valence-corrected chi connectivity index (χ3v) is 5.12. The van der Waals surface area contributed by atoms with Crippen molar-refractivity contribution in [2.45, 2.75) is 18.9 Å². The van der Waals surface area contributed by atoms with E-state index in [-0.39, 0.29) is 23.6 Å². The third-order valence-electron chi connectivity index (χ3n) is 4.21. The summed E-state index contributed by atoms with van der Waals surface area (Å²) in [6.45, 7) is 2.01. The van der Waals surface area contributed by atoms with Crippen LogP contribution in [-0.4, -0.2) is 48.2 Å². The highest BCUT2D eigenvalue weighted by Crippen LogP contribution is 2.31. The number of thiazole rings is 1. The number of para-hydroxylation sites is 1. The molecular weight excluding hydrogens is 347 g/mol. The molecule has 0 radical (unpaired) electrons. The Morgan fingerprint density at radius 2 is 2.16 bits per heavy atom. The molecule has 4 rings (SSSR count). The Balaban J connectivity index is 1.36. The van der Waals surface area contributed by atoms with Gasteiger partial charge in [0.25, 0.3) is 11.1 Å². The number of ether oxygens (including phenoxy) is 3. The molecule has 2 aliphatic rings. The number of likely N-dealkylation sites (tertiary alicyclic amines) is 1. The van der Waals surface area contributed by atoms with Gasteiger partial charge in [0.1, 0.15) is 36.9 Å². The fraction of sp³-hybridized carbons (Fsp3) is 0.412. The Kier molecular flexibility index (Phi) is 4.44. The Bertz CT molecular complexity index is 814. The van der Waals surface area contributed by atoms with Crippen LogP contribution in [0.1, 0.15) is 12.8 Å². The maximum absolute atomic E-state index is 13.7. The zero-order chi connectivity index (χ0) is 17.2. The Labute approximate surface area is 147 Å². The fourth-order valence-electron chi connectivity index (χ4n) is 2.90. The first-order chi connectivity index (χ1) is 12.2. The van der Waals surface area contributed by atoms with Gasteiger partial charge in [0.2, 0.25) is 5.76 Å². The van der Waals surface area contributed by atoms with Crippen LogP contribution in [-0.2, 0) is 14.3 Å². The van der Waals surface area contributed by atoms with Gasteiger partial charge in [0.15, 0.2) is 0 Å². The number of carbonyl (C=O) groups is 1. The predicted octanol–water partition coefficient (Wildman–Crippen LogP) is 2.69. The first-order valence-corrected chi connectivity index (χ1v) is 8.98. The van der Waals surface area contributed by atoms with E-state index in [1.165, 1.54) is 23.7 Å². The summed E-state index contributed by atoms with van der Waals surface area (Å²) in [5.41, 5.74) is 0.344. The largest absolute Gasteiger partial charge is 0.494 e. The first kappa shape index (κ1) is 16.1. The number of hydrogen-bond donors (Lipinski definition) is 0. The average molecular weight is 364 g/mol. The Morgan fingerprint density at radius 1 is 1.32 bits per heavy atom. The molecule has 0 atom stereocenters. The van der Waals surface area contributed by atoms with Crippen molar-refractivity contribution in [1.82, 2.24) is 9.88 Å². The summed E-state index contributed by atoms with van der Waals surface area (Å²) in [7, 11) is 0. The minimum absolute atomic E-state index is 0.0369. The van der Waals surface area contributed by atoms with E-state index in [1.807, 2.05) is 6.07 Å². The van der Waals surface area contributed by atoms with E-state index in [0.29, 0.717) is 49.9 Å². The smallest absolute Gasteiger partial charge is 0.292 e. The molecule has 1 aromatic carbocycles. The third kappa shape index (κ3) is 3.39. The quantitative estimate of drug-likeness (QED) is 0.838. The van der Waals surface area contributed by atoms with Crippen molar-refractivity contribution in [3.05, 3.63) is 36.0 Å². The summed E-state index contributed by atoms with van der Waals surface area (Å²) in [6, 6.07) is 4.88. The Hall–Kier alpha value is -2.35. The molecule has 3 heterocycles. The highest BCUT2D eigenvalue weighted by Gasteiger charge is 2.28. The van der Waals surface area contributed by atoms with Crippen molar-refractivity contribution in [1.29, 1.82) is 0 Å². The number of piperidine rings is 1. The minimum Gasteiger partial charge on any atom is -0.494 e. The second-order valence-electron chi connectivity index (χ2n) is 5.88. The fourth-order valence-corrected chi connectivity index (χ4v) is 3.80. The Morgan fingerprint density at radius 3 is 2.88 bits per heavy atom. The van der Waals surface area contributed by atoms with Crippen molar-refractivity contribution in [2.75, 3.05) is 26.3 Å². The van der Waals surface area contributed by atoms with Gasteiger partial charge in [-0.3, -0.25) is 4.79 Å². The van der Waals surface area contributed by atoms with Crippen molar-refractivity contribution in [2.24, 2.45) is 0 Å². The summed E-state index contributed by atoms with van der Waals surface area (Å²) >= 11 is 1.34. The summed E-state index contributed by atoms with van der Waals surface area (Å²) in [4.78, 5) is 18.3. The molecule has 2 aliphatic heterocycles. The van der Waals surface area contributed by atoms with E-state index in [0.717, 1.165) is 4.70 Å². The van der Waals surface area contributed by atoms with Crippen molar-refractivity contribution < 1.29 is 23.4 Å². The predicted molar refractivity (Wildman–Crippen MR) is 89.8 cm³/mol. The van der Waals surface area contributed by atoms with Gasteiger partial charge in [-0.25, -0.2) is 4.39 Å². The van der Waals surface area contributed by atoms with Gasteiger partial charge in [0, 0.05) is 25.9 Å². The topological polar surface area (TPSA) is 60.9 Å². The highest BCUT2D eigenvalue weighted by molar-refractivity contribution is 7.20. The minimum atomic E-state index is -0.341. The molecule has 0 saturated carbocycles. The molecule has 2 aromatic rings. The van der Waals surface area contributed by atoms with E-state index in [4.69, 9.17) is 14.2 Å². The van der Waals surface area contributed by atoms with Gasteiger partial charge in [-0.15, -0.1) is 0 Å². The number of nitrogens with zero attached hydrogens (tertiary/aromatic N) is 2. The normalized spacial score (nSPS) is 18.4. The zero-order valence-corrected chi connectivity index (χ0v) is 14.3. The number of aromatic nitrogens is 1. The van der Waals surface area contributed by atoms with E-state index in [2.05, 4.69) is 4.98 Å². The molecule has 25 heavy (non-hydrogen) atoms. The molecule has 1 aromatic heterocycles. The van der Waals surface area contributed by atoms with Crippen molar-refractivity contribution in [3.8, 4) is 5.19 Å². The number of halogens is 1. The SMILES string of the molecule is O=C(C1=COCCO1)N1CCC(Oc2nc3c(F)cccc3s2)CC1. The summed E-state index contributed by atoms with van der Waals surface area (Å²) in [5.74, 6) is -0.237. The number of benzene rings is 1. The molecule has 0 bridgehead atoms. The second-order valence-corrected chi connectivity index (χ2v) is 6.87. The molecule has 8 heteroatoms. The van der Waals surface area contributed by atoms with Gasteiger partial charge in [-0.1, -0.05) is 17.4 Å². The monoisotopic (exact) mass is 364 g/mol. The van der Waals surface area contributed by atoms with Gasteiger partial charge in [-0.2, -0.15) is 4.98 Å². The van der Waals surface area contributed by atoms with Crippen LogP contribution >= 0.6 is 11.3 Å². The molecular formula is C17H17FN2O4S. The molecule has 1 fully saturated rings. The summed E-state index contributed by atoms with van der Waals surface area (Å²) in [6.07, 6.45) is 2.73. The first-order valence-electron chi connectivity index (χ1n) is 8.16. The lowest BCUT2D eigenvalue weighted by Gasteiger charge is -2.32. The number of hydrogen-bond acceptors (Lipinski definition) is 6. The second kappa shape index (κ2) is 6.87. The lowest BCUT2D eigenvalue weighted by molar-refractivity contribution is -0.134. The maximum atomic E-state index is 13.7. The maximum Gasteiger partial charge on any atom is 0.292 e. The zero-order valence-electron chi connectivity index (χ0n) is 13.4. The molecule has 1 saturated heterocycles. The molecule has 0 unspecified atom stereocenters. The van der Waals surface area contributed by atoms with Crippen LogP contribution in [0.2, 0.25) is 0 Å². The molecule has 0 aliphatic carbocycles. The van der Waals surface area contributed by atoms with E-state index < -0.39 is 0 Å². The van der Waals surface area contributed by atoms with Gasteiger partial charge in [0.05, 0.1) is 4.70 Å². The molecule has 1 amide bonds. The van der Waals surface area contributed by atoms with E-state index in [9.17, 15) is 9.18 Å².